The second kappa shape index (κ2) is 4.97. The second-order valence-electron chi connectivity index (χ2n) is 4.31. The second-order valence-corrected chi connectivity index (χ2v) is 4.31. The molecule has 3 aromatic rings. The molecule has 0 radical (unpaired) electrons. The van der Waals surface area contributed by atoms with Crippen LogP contribution in [0.5, 0.6) is 0 Å². The van der Waals surface area contributed by atoms with Gasteiger partial charge in [0.05, 0.1) is 0 Å². The first kappa shape index (κ1) is 12.1. The highest BCUT2D eigenvalue weighted by Crippen LogP contribution is 2.22. The van der Waals surface area contributed by atoms with Crippen molar-refractivity contribution in [2.75, 3.05) is 0 Å². The van der Waals surface area contributed by atoms with Gasteiger partial charge in [-0.15, -0.1) is 0 Å². The molecule has 0 aliphatic heterocycles. The first-order valence-electron chi connectivity index (χ1n) is 6.10. The lowest BCUT2D eigenvalue weighted by Crippen LogP contribution is -2.12. The Morgan fingerprint density at radius 1 is 1.25 bits per heavy atom. The van der Waals surface area contributed by atoms with Crippen LogP contribution in [0.4, 0.5) is 0 Å². The normalized spacial score (nSPS) is 11.7. The minimum atomic E-state index is -0.490. The molecule has 0 aliphatic rings. The third-order valence-electron chi connectivity index (χ3n) is 3.02. The van der Waals surface area contributed by atoms with E-state index < -0.39 is 5.91 Å². The van der Waals surface area contributed by atoms with E-state index in [9.17, 15) is 4.79 Å². The van der Waals surface area contributed by atoms with Crippen molar-refractivity contribution in [3.63, 3.8) is 0 Å². The van der Waals surface area contributed by atoms with Gasteiger partial charge >= 0.3 is 0 Å². The number of primary amides is 1. The molecule has 5 heteroatoms. The third kappa shape index (κ3) is 2.16. The SMILES string of the molecule is NC(=O)C(=Cc1c[nH]c2ncccc12)c1cccnc1. The van der Waals surface area contributed by atoms with Gasteiger partial charge in [0.25, 0.3) is 0 Å². The third-order valence-corrected chi connectivity index (χ3v) is 3.02. The highest BCUT2D eigenvalue weighted by molar-refractivity contribution is 6.24. The van der Waals surface area contributed by atoms with Crippen LogP contribution in [0.1, 0.15) is 11.1 Å². The van der Waals surface area contributed by atoms with Crippen molar-refractivity contribution in [2.45, 2.75) is 0 Å². The summed E-state index contributed by atoms with van der Waals surface area (Å²) in [5, 5.41) is 0.940. The summed E-state index contributed by atoms with van der Waals surface area (Å²) in [4.78, 5) is 22.9. The minimum absolute atomic E-state index is 0.419. The lowest BCUT2D eigenvalue weighted by molar-refractivity contribution is -0.112. The van der Waals surface area contributed by atoms with Crippen molar-refractivity contribution in [2.24, 2.45) is 5.73 Å². The smallest absolute Gasteiger partial charge is 0.249 e. The minimum Gasteiger partial charge on any atom is -0.366 e. The molecule has 3 heterocycles. The number of nitrogens with two attached hydrogens (primary N) is 1. The summed E-state index contributed by atoms with van der Waals surface area (Å²) in [7, 11) is 0. The summed E-state index contributed by atoms with van der Waals surface area (Å²) in [5.41, 5.74) is 8.22. The maximum atomic E-state index is 11.7. The summed E-state index contributed by atoms with van der Waals surface area (Å²) < 4.78 is 0. The van der Waals surface area contributed by atoms with Gasteiger partial charge < -0.3 is 10.7 Å². The Hall–Kier alpha value is -2.95. The van der Waals surface area contributed by atoms with Crippen molar-refractivity contribution in [1.82, 2.24) is 15.0 Å². The fraction of sp³-hybridized carbons (Fsp3) is 0. The molecule has 0 saturated carbocycles. The van der Waals surface area contributed by atoms with Crippen molar-refractivity contribution in [1.29, 1.82) is 0 Å². The van der Waals surface area contributed by atoms with Crippen LogP contribution in [0.3, 0.4) is 0 Å². The summed E-state index contributed by atoms with van der Waals surface area (Å²) >= 11 is 0. The average molecular weight is 264 g/mol. The zero-order valence-corrected chi connectivity index (χ0v) is 10.6. The van der Waals surface area contributed by atoms with Crippen LogP contribution in [0.25, 0.3) is 22.7 Å². The van der Waals surface area contributed by atoms with E-state index in [4.69, 9.17) is 5.73 Å². The molecule has 0 bridgehead atoms. The Bertz CT molecular complexity index is 790. The number of rotatable bonds is 3. The van der Waals surface area contributed by atoms with Crippen LogP contribution in [0, 0.1) is 0 Å². The van der Waals surface area contributed by atoms with Gasteiger partial charge in [-0.3, -0.25) is 9.78 Å². The number of carbonyl (C=O) groups excluding carboxylic acids is 1. The van der Waals surface area contributed by atoms with Crippen LogP contribution in [-0.4, -0.2) is 20.9 Å². The molecule has 0 aromatic carbocycles. The standard InChI is InChI=1S/C15H12N4O/c16-14(20)13(10-3-1-5-17-8-10)7-11-9-19-15-12(11)4-2-6-18-15/h1-9H,(H2,16,20)(H,18,19). The number of hydrogen-bond acceptors (Lipinski definition) is 3. The molecule has 5 nitrogen and oxygen atoms in total. The summed E-state index contributed by atoms with van der Waals surface area (Å²) in [5.74, 6) is -0.490. The van der Waals surface area contributed by atoms with Gasteiger partial charge in [-0.1, -0.05) is 6.07 Å². The van der Waals surface area contributed by atoms with Gasteiger partial charge in [0.1, 0.15) is 5.65 Å². The number of H-pyrrole nitrogens is 1. The number of amides is 1. The van der Waals surface area contributed by atoms with Crippen LogP contribution in [0.2, 0.25) is 0 Å². The van der Waals surface area contributed by atoms with E-state index in [1.165, 1.54) is 0 Å². The van der Waals surface area contributed by atoms with Crippen molar-refractivity contribution in [3.8, 4) is 0 Å². The van der Waals surface area contributed by atoms with Crippen LogP contribution in [0.15, 0.2) is 49.1 Å². The van der Waals surface area contributed by atoms with Crippen molar-refractivity contribution in [3.05, 3.63) is 60.2 Å². The molecular formula is C15H12N4O. The Kier molecular flexibility index (Phi) is 3.01. The van der Waals surface area contributed by atoms with Crippen LogP contribution >= 0.6 is 0 Å². The number of aromatic nitrogens is 3. The molecule has 0 spiro atoms. The molecule has 0 aliphatic carbocycles. The van der Waals surface area contributed by atoms with Crippen LogP contribution in [-0.2, 0) is 4.79 Å². The molecule has 0 saturated heterocycles. The Labute approximate surface area is 115 Å². The number of nitrogens with one attached hydrogen (secondary N) is 1. The lowest BCUT2D eigenvalue weighted by atomic mass is 10.0. The van der Waals surface area contributed by atoms with E-state index in [0.717, 1.165) is 16.6 Å². The van der Waals surface area contributed by atoms with Gasteiger partial charge in [0, 0.05) is 46.9 Å². The highest BCUT2D eigenvalue weighted by atomic mass is 16.1. The Morgan fingerprint density at radius 3 is 2.85 bits per heavy atom. The Balaban J connectivity index is 2.15. The summed E-state index contributed by atoms with van der Waals surface area (Å²) in [6.07, 6.45) is 8.53. The van der Waals surface area contributed by atoms with E-state index in [-0.39, 0.29) is 0 Å². The maximum absolute atomic E-state index is 11.7. The predicted molar refractivity (Wildman–Crippen MR) is 77.4 cm³/mol. The number of aromatic amines is 1. The fourth-order valence-corrected chi connectivity index (χ4v) is 2.07. The van der Waals surface area contributed by atoms with E-state index in [0.29, 0.717) is 11.1 Å². The monoisotopic (exact) mass is 264 g/mol. The van der Waals surface area contributed by atoms with Gasteiger partial charge in [-0.05, 0) is 24.3 Å². The number of fused-ring (bicyclic) bond motifs is 1. The summed E-state index contributed by atoms with van der Waals surface area (Å²) in [6, 6.07) is 7.35. The average Bonchev–Trinajstić information content (AvgIpc) is 2.88. The molecule has 1 amide bonds. The van der Waals surface area contributed by atoms with Gasteiger partial charge in [0.15, 0.2) is 0 Å². The number of nitrogens with zero attached hydrogens (tertiary/aromatic N) is 2. The van der Waals surface area contributed by atoms with E-state index >= 15 is 0 Å². The van der Waals surface area contributed by atoms with Crippen LogP contribution < -0.4 is 5.73 Å². The van der Waals surface area contributed by atoms with Gasteiger partial charge in [-0.25, -0.2) is 4.98 Å². The van der Waals surface area contributed by atoms with Gasteiger partial charge in [-0.2, -0.15) is 0 Å². The zero-order valence-electron chi connectivity index (χ0n) is 10.6. The molecule has 3 N–H and O–H groups in total. The molecule has 0 atom stereocenters. The molecule has 20 heavy (non-hydrogen) atoms. The van der Waals surface area contributed by atoms with E-state index in [2.05, 4.69) is 15.0 Å². The number of pyridine rings is 2. The summed E-state index contributed by atoms with van der Waals surface area (Å²) in [6.45, 7) is 0. The number of carbonyl (C=O) groups is 1. The van der Waals surface area contributed by atoms with Crippen molar-refractivity contribution >= 4 is 28.6 Å². The van der Waals surface area contributed by atoms with E-state index in [1.807, 2.05) is 12.1 Å². The topological polar surface area (TPSA) is 84.7 Å². The zero-order chi connectivity index (χ0) is 13.9. The van der Waals surface area contributed by atoms with Gasteiger partial charge in [0.2, 0.25) is 5.91 Å². The first-order chi connectivity index (χ1) is 9.75. The fourth-order valence-electron chi connectivity index (χ4n) is 2.07. The molecule has 3 rings (SSSR count). The highest BCUT2D eigenvalue weighted by Gasteiger charge is 2.10. The lowest BCUT2D eigenvalue weighted by Gasteiger charge is -2.02. The maximum Gasteiger partial charge on any atom is 0.249 e. The quantitative estimate of drug-likeness (QED) is 0.709. The largest absolute Gasteiger partial charge is 0.366 e. The van der Waals surface area contributed by atoms with E-state index in [1.54, 1.807) is 43.0 Å². The molecular weight excluding hydrogens is 252 g/mol. The molecule has 3 aromatic heterocycles. The molecule has 0 fully saturated rings. The van der Waals surface area contributed by atoms with Crippen molar-refractivity contribution < 1.29 is 4.79 Å². The molecule has 98 valence electrons. The first-order valence-corrected chi connectivity index (χ1v) is 6.10. The number of hydrogen-bond donors (Lipinski definition) is 2. The predicted octanol–water partition coefficient (Wildman–Crippen LogP) is 1.98. The Morgan fingerprint density at radius 2 is 2.10 bits per heavy atom. The molecule has 0 unspecified atom stereocenters.